The number of rotatable bonds is 6. The standard InChI is InChI=1S/C26H25N7O/c1-32(16-17-7-3-2-4-8-17)23-13-22(20-14-28-24-19(20)11-6-12-27-24)31-25-21(15-29-33(23)25)26(34)30-18-9-5-10-18/h2-4,6-8,11-15,18H,5,9-10,16H2,1H3,(H,27,28)(H,30,34). The Hall–Kier alpha value is -4.20. The zero-order chi connectivity index (χ0) is 23.1. The first kappa shape index (κ1) is 20.4. The number of aromatic amines is 1. The van der Waals surface area contributed by atoms with E-state index in [9.17, 15) is 4.79 Å². The fourth-order valence-corrected chi connectivity index (χ4v) is 4.44. The van der Waals surface area contributed by atoms with Gasteiger partial charge in [0.1, 0.15) is 17.0 Å². The number of nitrogens with zero attached hydrogens (tertiary/aromatic N) is 5. The van der Waals surface area contributed by atoms with Crippen molar-refractivity contribution in [2.24, 2.45) is 0 Å². The van der Waals surface area contributed by atoms with Gasteiger partial charge in [0.25, 0.3) is 5.91 Å². The van der Waals surface area contributed by atoms with E-state index in [2.05, 4.69) is 37.4 Å². The number of amides is 1. The number of carbonyl (C=O) groups is 1. The molecule has 4 heterocycles. The predicted molar refractivity (Wildman–Crippen MR) is 132 cm³/mol. The Balaban J connectivity index is 1.48. The molecule has 8 nitrogen and oxygen atoms in total. The number of hydrogen-bond donors (Lipinski definition) is 2. The summed E-state index contributed by atoms with van der Waals surface area (Å²) in [6.07, 6.45) is 8.51. The minimum absolute atomic E-state index is 0.124. The van der Waals surface area contributed by atoms with Crippen molar-refractivity contribution in [2.75, 3.05) is 11.9 Å². The van der Waals surface area contributed by atoms with Gasteiger partial charge in [-0.25, -0.2) is 9.97 Å². The molecule has 0 bridgehead atoms. The first-order valence-electron chi connectivity index (χ1n) is 11.5. The van der Waals surface area contributed by atoms with Crippen molar-refractivity contribution in [3.63, 3.8) is 0 Å². The average molecular weight is 452 g/mol. The van der Waals surface area contributed by atoms with Crippen LogP contribution in [0.25, 0.3) is 27.9 Å². The van der Waals surface area contributed by atoms with Crippen molar-refractivity contribution in [1.82, 2.24) is 29.9 Å². The van der Waals surface area contributed by atoms with Gasteiger partial charge in [-0.1, -0.05) is 30.3 Å². The molecule has 1 aromatic carbocycles. The summed E-state index contributed by atoms with van der Waals surface area (Å²) in [5.74, 6) is 0.728. The number of carbonyl (C=O) groups excluding carboxylic acids is 1. The van der Waals surface area contributed by atoms with Crippen LogP contribution in [0, 0.1) is 0 Å². The number of H-pyrrole nitrogens is 1. The van der Waals surface area contributed by atoms with E-state index in [1.54, 1.807) is 16.9 Å². The molecular formula is C26H25N7O. The number of fused-ring (bicyclic) bond motifs is 2. The van der Waals surface area contributed by atoms with E-state index in [0.717, 1.165) is 47.4 Å². The molecule has 0 atom stereocenters. The molecule has 0 radical (unpaired) electrons. The van der Waals surface area contributed by atoms with E-state index in [0.29, 0.717) is 17.8 Å². The lowest BCUT2D eigenvalue weighted by Gasteiger charge is -2.26. The third kappa shape index (κ3) is 3.57. The summed E-state index contributed by atoms with van der Waals surface area (Å²) < 4.78 is 1.76. The van der Waals surface area contributed by atoms with Crippen molar-refractivity contribution in [2.45, 2.75) is 31.8 Å². The first-order valence-corrected chi connectivity index (χ1v) is 11.5. The van der Waals surface area contributed by atoms with Crippen molar-refractivity contribution < 1.29 is 4.79 Å². The zero-order valence-corrected chi connectivity index (χ0v) is 18.9. The molecule has 2 N–H and O–H groups in total. The van der Waals surface area contributed by atoms with Gasteiger partial charge in [-0.15, -0.1) is 0 Å². The summed E-state index contributed by atoms with van der Waals surface area (Å²) in [5.41, 5.74) is 4.72. The number of hydrogen-bond acceptors (Lipinski definition) is 5. The number of anilines is 1. The molecule has 0 saturated heterocycles. The molecule has 4 aromatic heterocycles. The van der Waals surface area contributed by atoms with E-state index in [-0.39, 0.29) is 11.9 Å². The molecule has 170 valence electrons. The lowest BCUT2D eigenvalue weighted by molar-refractivity contribution is 0.0918. The van der Waals surface area contributed by atoms with Gasteiger partial charge in [0.05, 0.1) is 11.9 Å². The minimum Gasteiger partial charge on any atom is -0.355 e. The Bertz CT molecular complexity index is 1480. The van der Waals surface area contributed by atoms with Crippen LogP contribution in [0.15, 0.2) is 67.1 Å². The molecule has 0 spiro atoms. The number of pyridine rings is 1. The molecule has 0 aliphatic heterocycles. The Kier molecular flexibility index (Phi) is 4.98. The van der Waals surface area contributed by atoms with E-state index >= 15 is 0 Å². The maximum atomic E-state index is 13.1. The SMILES string of the molecule is CN(Cc1ccccc1)c1cc(-c2c[nH]c3ncccc23)nc2c(C(=O)NC3CCC3)cnn12. The van der Waals surface area contributed by atoms with Gasteiger partial charge in [0.15, 0.2) is 5.65 Å². The highest BCUT2D eigenvalue weighted by atomic mass is 16.1. The van der Waals surface area contributed by atoms with Crippen LogP contribution in [0.5, 0.6) is 0 Å². The summed E-state index contributed by atoms with van der Waals surface area (Å²) in [6, 6.07) is 16.5. The molecule has 34 heavy (non-hydrogen) atoms. The van der Waals surface area contributed by atoms with Crippen LogP contribution in [0.2, 0.25) is 0 Å². The smallest absolute Gasteiger partial charge is 0.256 e. The van der Waals surface area contributed by atoms with Crippen molar-refractivity contribution in [1.29, 1.82) is 0 Å². The Morgan fingerprint density at radius 1 is 1.21 bits per heavy atom. The van der Waals surface area contributed by atoms with Crippen LogP contribution in [-0.2, 0) is 6.54 Å². The minimum atomic E-state index is -0.124. The monoisotopic (exact) mass is 451 g/mol. The normalized spacial score (nSPS) is 13.8. The lowest BCUT2D eigenvalue weighted by atomic mass is 9.93. The van der Waals surface area contributed by atoms with E-state index < -0.39 is 0 Å². The first-order chi connectivity index (χ1) is 16.7. The molecule has 1 saturated carbocycles. The number of benzene rings is 1. The van der Waals surface area contributed by atoms with Crippen LogP contribution >= 0.6 is 0 Å². The number of nitrogens with one attached hydrogen (secondary N) is 2. The summed E-state index contributed by atoms with van der Waals surface area (Å²) >= 11 is 0. The van der Waals surface area contributed by atoms with Crippen LogP contribution < -0.4 is 10.2 Å². The fourth-order valence-electron chi connectivity index (χ4n) is 4.44. The quantitative estimate of drug-likeness (QED) is 0.404. The van der Waals surface area contributed by atoms with Gasteiger partial charge in [0, 0.05) is 49.0 Å². The molecular weight excluding hydrogens is 426 g/mol. The second kappa shape index (κ2) is 8.30. The van der Waals surface area contributed by atoms with Gasteiger partial charge in [-0.3, -0.25) is 4.79 Å². The molecule has 1 fully saturated rings. The van der Waals surface area contributed by atoms with Gasteiger partial charge >= 0.3 is 0 Å². The van der Waals surface area contributed by atoms with Crippen LogP contribution in [-0.4, -0.2) is 43.6 Å². The summed E-state index contributed by atoms with van der Waals surface area (Å²) in [5, 5.41) is 8.67. The summed E-state index contributed by atoms with van der Waals surface area (Å²) in [7, 11) is 2.03. The Morgan fingerprint density at radius 2 is 2.06 bits per heavy atom. The van der Waals surface area contributed by atoms with Crippen LogP contribution in [0.1, 0.15) is 35.2 Å². The highest BCUT2D eigenvalue weighted by molar-refractivity contribution is 6.01. The highest BCUT2D eigenvalue weighted by Crippen LogP contribution is 2.31. The van der Waals surface area contributed by atoms with Crippen LogP contribution in [0.4, 0.5) is 5.82 Å². The predicted octanol–water partition coefficient (Wildman–Crippen LogP) is 4.19. The van der Waals surface area contributed by atoms with Gasteiger partial charge < -0.3 is 15.2 Å². The molecule has 0 unspecified atom stereocenters. The maximum Gasteiger partial charge on any atom is 0.256 e. The molecule has 1 aliphatic carbocycles. The van der Waals surface area contributed by atoms with Crippen molar-refractivity contribution >= 4 is 28.4 Å². The van der Waals surface area contributed by atoms with Crippen molar-refractivity contribution in [3.05, 3.63) is 78.2 Å². The van der Waals surface area contributed by atoms with E-state index in [4.69, 9.17) is 4.98 Å². The van der Waals surface area contributed by atoms with E-state index in [1.165, 1.54) is 5.56 Å². The zero-order valence-electron chi connectivity index (χ0n) is 18.9. The largest absolute Gasteiger partial charge is 0.355 e. The molecule has 1 amide bonds. The topological polar surface area (TPSA) is 91.2 Å². The summed E-state index contributed by atoms with van der Waals surface area (Å²) in [4.78, 5) is 27.8. The second-order valence-corrected chi connectivity index (χ2v) is 8.84. The van der Waals surface area contributed by atoms with Gasteiger partial charge in [-0.05, 0) is 37.0 Å². The van der Waals surface area contributed by atoms with E-state index in [1.807, 2.05) is 49.6 Å². The Morgan fingerprint density at radius 3 is 2.85 bits per heavy atom. The molecule has 6 rings (SSSR count). The fraction of sp³-hybridized carbons (Fsp3) is 0.231. The van der Waals surface area contributed by atoms with Gasteiger partial charge in [0.2, 0.25) is 0 Å². The lowest BCUT2D eigenvalue weighted by Crippen LogP contribution is -2.39. The number of aromatic nitrogens is 5. The highest BCUT2D eigenvalue weighted by Gasteiger charge is 2.24. The van der Waals surface area contributed by atoms with Gasteiger partial charge in [-0.2, -0.15) is 9.61 Å². The van der Waals surface area contributed by atoms with Crippen molar-refractivity contribution in [3.8, 4) is 11.3 Å². The van der Waals surface area contributed by atoms with Crippen LogP contribution in [0.3, 0.4) is 0 Å². The Labute approximate surface area is 196 Å². The third-order valence-corrected chi connectivity index (χ3v) is 6.52. The third-order valence-electron chi connectivity index (χ3n) is 6.52. The molecule has 5 aromatic rings. The summed E-state index contributed by atoms with van der Waals surface area (Å²) in [6.45, 7) is 0.693. The average Bonchev–Trinajstić information content (AvgIpc) is 3.46. The molecule has 1 aliphatic rings. The second-order valence-electron chi connectivity index (χ2n) is 8.84. The maximum absolute atomic E-state index is 13.1. The molecule has 8 heteroatoms.